The molecule has 1 unspecified atom stereocenters. The van der Waals surface area contributed by atoms with Crippen molar-refractivity contribution in [3.63, 3.8) is 0 Å². The molecule has 3 heteroatoms. The molecule has 1 aliphatic heterocycles. The van der Waals surface area contributed by atoms with Crippen LogP contribution in [0.4, 0.5) is 0 Å². The summed E-state index contributed by atoms with van der Waals surface area (Å²) in [5.41, 5.74) is 0.963. The Morgan fingerprint density at radius 1 is 1.50 bits per heavy atom. The summed E-state index contributed by atoms with van der Waals surface area (Å²) < 4.78 is 10.3. The van der Waals surface area contributed by atoms with Crippen LogP contribution in [0.2, 0.25) is 0 Å². The summed E-state index contributed by atoms with van der Waals surface area (Å²) >= 11 is 0. The molecule has 0 aliphatic carbocycles. The Balaban J connectivity index is 2.34. The van der Waals surface area contributed by atoms with E-state index in [2.05, 4.69) is 4.98 Å². The lowest BCUT2D eigenvalue weighted by Gasteiger charge is -1.80. The second kappa shape index (κ2) is 1.83. The lowest BCUT2D eigenvalue weighted by Crippen LogP contribution is -1.78. The molecule has 1 aromatic rings. The average molecular weight is 139 g/mol. The van der Waals surface area contributed by atoms with Gasteiger partial charge in [-0.05, 0) is 13.8 Å². The molecule has 0 radical (unpaired) electrons. The van der Waals surface area contributed by atoms with Gasteiger partial charge in [0, 0.05) is 0 Å². The highest BCUT2D eigenvalue weighted by atomic mass is 16.6. The van der Waals surface area contributed by atoms with Gasteiger partial charge in [0.2, 0.25) is 5.89 Å². The van der Waals surface area contributed by atoms with Crippen LogP contribution in [0.25, 0.3) is 0 Å². The minimum Gasteiger partial charge on any atom is -0.443 e. The van der Waals surface area contributed by atoms with Gasteiger partial charge < -0.3 is 9.15 Å². The molecule has 1 aliphatic rings. The summed E-state index contributed by atoms with van der Waals surface area (Å²) in [7, 11) is 0. The fraction of sp³-hybridized carbons (Fsp3) is 0.571. The number of oxazole rings is 1. The predicted molar refractivity (Wildman–Crippen MR) is 34.7 cm³/mol. The highest BCUT2D eigenvalue weighted by Gasteiger charge is 2.30. The van der Waals surface area contributed by atoms with Gasteiger partial charge in [-0.15, -0.1) is 0 Å². The molecule has 0 saturated carbocycles. The van der Waals surface area contributed by atoms with Gasteiger partial charge >= 0.3 is 0 Å². The Morgan fingerprint density at radius 3 is 2.60 bits per heavy atom. The zero-order valence-electron chi connectivity index (χ0n) is 6.05. The first kappa shape index (κ1) is 5.92. The van der Waals surface area contributed by atoms with Gasteiger partial charge in [-0.3, -0.25) is 0 Å². The van der Waals surface area contributed by atoms with Gasteiger partial charge in [-0.25, -0.2) is 4.98 Å². The Morgan fingerprint density at radius 2 is 2.20 bits per heavy atom. The molecule has 0 amide bonds. The number of hydrogen-bond donors (Lipinski definition) is 0. The number of nitrogens with zero attached hydrogens (tertiary/aromatic N) is 1. The summed E-state index contributed by atoms with van der Waals surface area (Å²) in [6, 6.07) is 0. The summed E-state index contributed by atoms with van der Waals surface area (Å²) in [4.78, 5) is 4.18. The predicted octanol–water partition coefficient (Wildman–Crippen LogP) is 1.36. The van der Waals surface area contributed by atoms with Gasteiger partial charge in [-0.1, -0.05) is 0 Å². The first-order chi connectivity index (χ1) is 4.77. The van der Waals surface area contributed by atoms with Crippen molar-refractivity contribution in [3.05, 3.63) is 17.3 Å². The van der Waals surface area contributed by atoms with Crippen LogP contribution in [0, 0.1) is 13.8 Å². The van der Waals surface area contributed by atoms with E-state index in [-0.39, 0.29) is 6.10 Å². The smallest absolute Gasteiger partial charge is 0.226 e. The molecule has 0 aromatic carbocycles. The van der Waals surface area contributed by atoms with Crippen molar-refractivity contribution in [2.45, 2.75) is 20.0 Å². The highest BCUT2D eigenvalue weighted by Crippen LogP contribution is 2.29. The van der Waals surface area contributed by atoms with Gasteiger partial charge in [0.05, 0.1) is 12.3 Å². The molecule has 2 rings (SSSR count). The van der Waals surface area contributed by atoms with E-state index >= 15 is 0 Å². The SMILES string of the molecule is Cc1nc(C2CO2)oc1C. The minimum atomic E-state index is 0.146. The number of hydrogen-bond acceptors (Lipinski definition) is 3. The van der Waals surface area contributed by atoms with E-state index < -0.39 is 0 Å². The van der Waals surface area contributed by atoms with Crippen molar-refractivity contribution < 1.29 is 9.15 Å². The maximum atomic E-state index is 5.30. The van der Waals surface area contributed by atoms with E-state index in [9.17, 15) is 0 Å². The molecule has 1 aromatic heterocycles. The summed E-state index contributed by atoms with van der Waals surface area (Å²) in [6.45, 7) is 4.61. The molecule has 0 spiro atoms. The molecule has 1 fully saturated rings. The van der Waals surface area contributed by atoms with Crippen molar-refractivity contribution in [2.24, 2.45) is 0 Å². The third-order valence-corrected chi connectivity index (χ3v) is 1.65. The Hall–Kier alpha value is -0.830. The van der Waals surface area contributed by atoms with Crippen molar-refractivity contribution >= 4 is 0 Å². The molecule has 2 heterocycles. The molecule has 1 saturated heterocycles. The average Bonchev–Trinajstić information content (AvgIpc) is 2.64. The topological polar surface area (TPSA) is 38.6 Å². The van der Waals surface area contributed by atoms with E-state index in [4.69, 9.17) is 9.15 Å². The third-order valence-electron chi connectivity index (χ3n) is 1.65. The molecule has 54 valence electrons. The first-order valence-corrected chi connectivity index (χ1v) is 3.33. The molecule has 0 bridgehead atoms. The fourth-order valence-corrected chi connectivity index (χ4v) is 0.826. The van der Waals surface area contributed by atoms with E-state index in [1.807, 2.05) is 13.8 Å². The lowest BCUT2D eigenvalue weighted by atomic mass is 10.4. The molecule has 10 heavy (non-hydrogen) atoms. The Bertz CT molecular complexity index is 231. The van der Waals surface area contributed by atoms with Gasteiger partial charge in [-0.2, -0.15) is 0 Å². The number of aryl methyl sites for hydroxylation is 2. The molecule has 0 N–H and O–H groups in total. The van der Waals surface area contributed by atoms with Gasteiger partial charge in [0.15, 0.2) is 6.10 Å². The number of ether oxygens (including phenoxy) is 1. The molecular weight excluding hydrogens is 130 g/mol. The van der Waals surface area contributed by atoms with Crippen LogP contribution in [0.1, 0.15) is 23.4 Å². The quantitative estimate of drug-likeness (QED) is 0.551. The van der Waals surface area contributed by atoms with E-state index in [0.717, 1.165) is 24.0 Å². The first-order valence-electron chi connectivity index (χ1n) is 3.33. The van der Waals surface area contributed by atoms with Crippen molar-refractivity contribution in [2.75, 3.05) is 6.61 Å². The fourth-order valence-electron chi connectivity index (χ4n) is 0.826. The number of aromatic nitrogens is 1. The second-order valence-electron chi connectivity index (χ2n) is 2.52. The third kappa shape index (κ3) is 0.827. The maximum Gasteiger partial charge on any atom is 0.226 e. The standard InChI is InChI=1S/C7H9NO2/c1-4-5(2)10-7(8-4)6-3-9-6/h6H,3H2,1-2H3. The minimum absolute atomic E-state index is 0.146. The summed E-state index contributed by atoms with van der Waals surface area (Å²) in [5, 5.41) is 0. The lowest BCUT2D eigenvalue weighted by molar-refractivity contribution is 0.356. The largest absolute Gasteiger partial charge is 0.443 e. The van der Waals surface area contributed by atoms with Crippen LogP contribution in [-0.2, 0) is 4.74 Å². The van der Waals surface area contributed by atoms with Crippen LogP contribution < -0.4 is 0 Å². The van der Waals surface area contributed by atoms with Gasteiger partial charge in [0.25, 0.3) is 0 Å². The van der Waals surface area contributed by atoms with Gasteiger partial charge in [0.1, 0.15) is 5.76 Å². The highest BCUT2D eigenvalue weighted by molar-refractivity contribution is 5.08. The van der Waals surface area contributed by atoms with Crippen LogP contribution >= 0.6 is 0 Å². The van der Waals surface area contributed by atoms with E-state index in [1.165, 1.54) is 0 Å². The van der Waals surface area contributed by atoms with Crippen LogP contribution in [0.15, 0.2) is 4.42 Å². The normalized spacial score (nSPS) is 23.2. The number of rotatable bonds is 1. The zero-order valence-corrected chi connectivity index (χ0v) is 6.05. The molecule has 1 atom stereocenters. The van der Waals surface area contributed by atoms with Crippen molar-refractivity contribution in [3.8, 4) is 0 Å². The van der Waals surface area contributed by atoms with Crippen molar-refractivity contribution in [1.29, 1.82) is 0 Å². The summed E-state index contributed by atoms with van der Waals surface area (Å²) in [6.07, 6.45) is 0.146. The van der Waals surface area contributed by atoms with E-state index in [1.54, 1.807) is 0 Å². The zero-order chi connectivity index (χ0) is 7.14. The molecular formula is C7H9NO2. The monoisotopic (exact) mass is 139 g/mol. The Labute approximate surface area is 59.0 Å². The Kier molecular flexibility index (Phi) is 1.08. The molecule has 3 nitrogen and oxygen atoms in total. The van der Waals surface area contributed by atoms with Crippen LogP contribution in [-0.4, -0.2) is 11.6 Å². The second-order valence-corrected chi connectivity index (χ2v) is 2.52. The maximum absolute atomic E-state index is 5.30. The van der Waals surface area contributed by atoms with Crippen LogP contribution in [0.3, 0.4) is 0 Å². The van der Waals surface area contributed by atoms with Crippen molar-refractivity contribution in [1.82, 2.24) is 4.98 Å². The number of epoxide rings is 1. The summed E-state index contributed by atoms with van der Waals surface area (Å²) in [5.74, 6) is 1.63. The van der Waals surface area contributed by atoms with E-state index in [0.29, 0.717) is 0 Å². The van der Waals surface area contributed by atoms with Crippen LogP contribution in [0.5, 0.6) is 0 Å².